The first-order chi connectivity index (χ1) is 27.8. The Kier molecular flexibility index (Phi) is 7.42. The zero-order chi connectivity index (χ0) is 37.0. The minimum atomic E-state index is 0.603. The van der Waals surface area contributed by atoms with Crippen LogP contribution < -0.4 is 0 Å². The molecule has 0 aliphatic heterocycles. The van der Waals surface area contributed by atoms with Crippen molar-refractivity contribution in [2.45, 2.75) is 0 Å². The Morgan fingerprint density at radius 3 is 1.12 bits per heavy atom. The maximum atomic E-state index is 5.28. The third-order valence-electron chi connectivity index (χ3n) is 10.8. The van der Waals surface area contributed by atoms with Gasteiger partial charge >= 0.3 is 0 Å². The maximum Gasteiger partial charge on any atom is 0.166 e. The zero-order valence-electron chi connectivity index (χ0n) is 30.3. The normalized spacial score (nSPS) is 11.6. The van der Waals surface area contributed by atoms with Gasteiger partial charge in [0.2, 0.25) is 0 Å². The zero-order valence-corrected chi connectivity index (χ0v) is 30.3. The van der Waals surface area contributed by atoms with Crippen molar-refractivity contribution in [3.63, 3.8) is 0 Å². The lowest BCUT2D eigenvalue weighted by Crippen LogP contribution is -2.04. The molecule has 0 N–H and O–H groups in total. The van der Waals surface area contributed by atoms with Crippen molar-refractivity contribution in [1.29, 1.82) is 0 Å². The van der Waals surface area contributed by atoms with Crippen LogP contribution in [0.25, 0.3) is 100 Å². The van der Waals surface area contributed by atoms with Gasteiger partial charge in [-0.25, -0.2) is 15.0 Å². The number of nitrogens with zero attached hydrogens (tertiary/aromatic N) is 5. The lowest BCUT2D eigenvalue weighted by Gasteiger charge is -2.18. The van der Waals surface area contributed by atoms with Crippen LogP contribution in [0.3, 0.4) is 0 Å². The molecule has 8 aromatic carbocycles. The Balaban J connectivity index is 1.22. The SMILES string of the molecule is c1ccc(-c2nc(-c3ccccc3)nc(-c3cc(-c4ccccc4-n4c5ccccc5c5ccccc54)ccc3-n3c4ccccc4c4ccccc43)n2)cc1. The summed E-state index contributed by atoms with van der Waals surface area (Å²) >= 11 is 0. The molecule has 0 saturated heterocycles. The lowest BCUT2D eigenvalue weighted by atomic mass is 9.99. The number of fused-ring (bicyclic) bond motifs is 6. The average Bonchev–Trinajstić information content (AvgIpc) is 3.80. The van der Waals surface area contributed by atoms with E-state index in [9.17, 15) is 0 Å². The molecular weight excluding hydrogens is 683 g/mol. The van der Waals surface area contributed by atoms with E-state index in [1.807, 2.05) is 36.4 Å². The molecule has 0 radical (unpaired) electrons. The Labute approximate surface area is 323 Å². The monoisotopic (exact) mass is 715 g/mol. The van der Waals surface area contributed by atoms with E-state index in [-0.39, 0.29) is 0 Å². The molecule has 0 atom stereocenters. The summed E-state index contributed by atoms with van der Waals surface area (Å²) in [6.07, 6.45) is 0. The Bertz CT molecular complexity index is 3090. The van der Waals surface area contributed by atoms with Gasteiger partial charge in [0.1, 0.15) is 0 Å². The maximum absolute atomic E-state index is 5.28. The number of hydrogen-bond acceptors (Lipinski definition) is 3. The van der Waals surface area contributed by atoms with Crippen LogP contribution in [-0.4, -0.2) is 24.1 Å². The van der Waals surface area contributed by atoms with Crippen LogP contribution in [0.2, 0.25) is 0 Å². The fourth-order valence-corrected chi connectivity index (χ4v) is 8.28. The van der Waals surface area contributed by atoms with Gasteiger partial charge < -0.3 is 9.13 Å². The average molecular weight is 716 g/mol. The van der Waals surface area contributed by atoms with Crippen molar-refractivity contribution >= 4 is 43.6 Å². The molecule has 11 rings (SSSR count). The molecule has 0 fully saturated rings. The van der Waals surface area contributed by atoms with Crippen molar-refractivity contribution in [3.8, 4) is 56.7 Å². The molecule has 5 nitrogen and oxygen atoms in total. The Morgan fingerprint density at radius 2 is 0.643 bits per heavy atom. The number of benzene rings is 8. The van der Waals surface area contributed by atoms with Crippen molar-refractivity contribution in [2.75, 3.05) is 0 Å². The molecule has 56 heavy (non-hydrogen) atoms. The van der Waals surface area contributed by atoms with Gasteiger partial charge in [-0.05, 0) is 48.0 Å². The predicted molar refractivity (Wildman–Crippen MR) is 230 cm³/mol. The number of aromatic nitrogens is 5. The Morgan fingerprint density at radius 1 is 0.268 bits per heavy atom. The molecule has 5 heteroatoms. The molecule has 3 aromatic heterocycles. The molecule has 0 spiro atoms. The van der Waals surface area contributed by atoms with Crippen molar-refractivity contribution in [3.05, 3.63) is 200 Å². The highest BCUT2D eigenvalue weighted by atomic mass is 15.1. The van der Waals surface area contributed by atoms with E-state index >= 15 is 0 Å². The van der Waals surface area contributed by atoms with Gasteiger partial charge in [0.05, 0.1) is 33.4 Å². The number of rotatable bonds is 6. The second-order valence-electron chi connectivity index (χ2n) is 14.0. The van der Waals surface area contributed by atoms with Crippen LogP contribution in [-0.2, 0) is 0 Å². The van der Waals surface area contributed by atoms with Gasteiger partial charge in [-0.1, -0.05) is 158 Å². The second-order valence-corrected chi connectivity index (χ2v) is 14.0. The van der Waals surface area contributed by atoms with Crippen LogP contribution >= 0.6 is 0 Å². The van der Waals surface area contributed by atoms with E-state index in [4.69, 9.17) is 15.0 Å². The molecule has 11 aromatic rings. The van der Waals surface area contributed by atoms with E-state index in [0.29, 0.717) is 17.5 Å². The Hall–Kier alpha value is -7.63. The van der Waals surface area contributed by atoms with Gasteiger partial charge in [-0.2, -0.15) is 0 Å². The minimum Gasteiger partial charge on any atom is -0.309 e. The molecule has 0 aliphatic carbocycles. The highest BCUT2D eigenvalue weighted by Gasteiger charge is 2.22. The summed E-state index contributed by atoms with van der Waals surface area (Å²) in [7, 11) is 0. The molecule has 3 heterocycles. The summed E-state index contributed by atoms with van der Waals surface area (Å²) in [5.74, 6) is 1.85. The van der Waals surface area contributed by atoms with Crippen LogP contribution in [0.15, 0.2) is 200 Å². The van der Waals surface area contributed by atoms with Crippen molar-refractivity contribution in [2.24, 2.45) is 0 Å². The van der Waals surface area contributed by atoms with Crippen LogP contribution in [0.1, 0.15) is 0 Å². The van der Waals surface area contributed by atoms with Gasteiger partial charge in [0.25, 0.3) is 0 Å². The first kappa shape index (κ1) is 31.9. The quantitative estimate of drug-likeness (QED) is 0.172. The van der Waals surface area contributed by atoms with E-state index in [2.05, 4.69) is 173 Å². The minimum absolute atomic E-state index is 0.603. The van der Waals surface area contributed by atoms with E-state index in [0.717, 1.165) is 50.2 Å². The highest BCUT2D eigenvalue weighted by Crippen LogP contribution is 2.41. The standard InChI is InChI=1S/C51H33N5/c1-3-17-34(18-4-1)49-52-50(35-19-5-2-6-20-35)54-51(53-49)42-33-36(31-32-48(42)56-46-29-15-10-24-40(46)41-25-11-16-30-47(41)56)37-21-7-12-26-43(37)55-44-27-13-8-22-38(44)39-23-9-14-28-45(39)55/h1-33H. The van der Waals surface area contributed by atoms with Gasteiger partial charge in [-0.15, -0.1) is 0 Å². The lowest BCUT2D eigenvalue weighted by molar-refractivity contribution is 1.06. The van der Waals surface area contributed by atoms with Gasteiger partial charge in [0.15, 0.2) is 17.5 Å². The molecule has 0 unspecified atom stereocenters. The first-order valence-electron chi connectivity index (χ1n) is 18.9. The van der Waals surface area contributed by atoms with Gasteiger partial charge in [-0.3, -0.25) is 0 Å². The fourth-order valence-electron chi connectivity index (χ4n) is 8.28. The smallest absolute Gasteiger partial charge is 0.166 e. The van der Waals surface area contributed by atoms with E-state index in [1.54, 1.807) is 0 Å². The number of hydrogen-bond donors (Lipinski definition) is 0. The van der Waals surface area contributed by atoms with Crippen LogP contribution in [0.4, 0.5) is 0 Å². The largest absolute Gasteiger partial charge is 0.309 e. The summed E-state index contributed by atoms with van der Waals surface area (Å²) in [4.78, 5) is 15.6. The summed E-state index contributed by atoms with van der Waals surface area (Å²) in [5, 5.41) is 4.85. The van der Waals surface area contributed by atoms with E-state index in [1.165, 1.54) is 32.6 Å². The third-order valence-corrected chi connectivity index (χ3v) is 10.8. The predicted octanol–water partition coefficient (Wildman–Crippen LogP) is 12.7. The third kappa shape index (κ3) is 5.13. The summed E-state index contributed by atoms with van der Waals surface area (Å²) in [6.45, 7) is 0. The highest BCUT2D eigenvalue weighted by molar-refractivity contribution is 6.11. The first-order valence-corrected chi connectivity index (χ1v) is 18.9. The topological polar surface area (TPSA) is 48.5 Å². The second kappa shape index (κ2) is 13.0. The summed E-state index contributed by atoms with van der Waals surface area (Å²) in [6, 6.07) is 70.3. The summed E-state index contributed by atoms with van der Waals surface area (Å²) < 4.78 is 4.75. The molecule has 262 valence electrons. The summed E-state index contributed by atoms with van der Waals surface area (Å²) in [5.41, 5.74) is 11.6. The molecular formula is C51H33N5. The number of para-hydroxylation sites is 5. The molecule has 0 bridgehead atoms. The molecule has 0 amide bonds. The van der Waals surface area contributed by atoms with Crippen molar-refractivity contribution in [1.82, 2.24) is 24.1 Å². The van der Waals surface area contributed by atoms with Gasteiger partial charge in [0, 0.05) is 43.8 Å². The van der Waals surface area contributed by atoms with E-state index < -0.39 is 0 Å². The molecule has 0 saturated carbocycles. The van der Waals surface area contributed by atoms with Crippen LogP contribution in [0, 0.1) is 0 Å². The van der Waals surface area contributed by atoms with Crippen molar-refractivity contribution < 1.29 is 0 Å². The van der Waals surface area contributed by atoms with Crippen LogP contribution in [0.5, 0.6) is 0 Å². The fraction of sp³-hybridized carbons (Fsp3) is 0. The molecule has 0 aliphatic rings.